The number of carbonyl (C=O) groups excluding carboxylic acids is 1. The molecule has 0 spiro atoms. The molecule has 1 aliphatic carbocycles. The lowest BCUT2D eigenvalue weighted by Crippen LogP contribution is -2.54. The van der Waals surface area contributed by atoms with Gasteiger partial charge in [-0.15, -0.1) is 10.2 Å². The Morgan fingerprint density at radius 3 is 2.36 bits per heavy atom. The first-order chi connectivity index (χ1) is 22.6. The van der Waals surface area contributed by atoms with Crippen molar-refractivity contribution in [1.82, 2.24) is 20.1 Å². The molecule has 3 aromatic rings. The zero-order valence-electron chi connectivity index (χ0n) is 27.4. The third-order valence-electron chi connectivity index (χ3n) is 9.64. The van der Waals surface area contributed by atoms with Gasteiger partial charge in [-0.25, -0.2) is 9.78 Å². The second-order valence-electron chi connectivity index (χ2n) is 14.2. The Bertz CT molecular complexity index is 1570. The molecule has 2 aromatic heterocycles. The van der Waals surface area contributed by atoms with E-state index >= 15 is 0 Å². The molecule has 12 nitrogen and oxygen atoms in total. The molecule has 3 aliphatic heterocycles. The van der Waals surface area contributed by atoms with Gasteiger partial charge in [0.2, 0.25) is 5.88 Å². The number of piperazine rings is 1. The van der Waals surface area contributed by atoms with E-state index in [9.17, 15) is 9.90 Å². The maximum absolute atomic E-state index is 12.4. The summed E-state index contributed by atoms with van der Waals surface area (Å²) in [5.41, 5.74) is 9.06. The molecule has 4 aliphatic rings. The van der Waals surface area contributed by atoms with Gasteiger partial charge in [0, 0.05) is 74.6 Å². The summed E-state index contributed by atoms with van der Waals surface area (Å²) in [6.45, 7) is 8.61. The van der Waals surface area contributed by atoms with Gasteiger partial charge in [-0.1, -0.05) is 12.1 Å². The van der Waals surface area contributed by atoms with Crippen LogP contribution in [0.4, 0.5) is 22.0 Å². The summed E-state index contributed by atoms with van der Waals surface area (Å²) >= 11 is 0. The van der Waals surface area contributed by atoms with Gasteiger partial charge in [-0.2, -0.15) is 0 Å². The van der Waals surface area contributed by atoms with E-state index in [1.165, 1.54) is 0 Å². The van der Waals surface area contributed by atoms with Crippen LogP contribution in [0.15, 0.2) is 48.7 Å². The first-order valence-electron chi connectivity index (χ1n) is 16.8. The minimum absolute atomic E-state index is 0.0820. The number of pyridine rings is 1. The van der Waals surface area contributed by atoms with E-state index in [1.54, 1.807) is 17.0 Å². The number of nitrogens with two attached hydrogens (primary N) is 1. The minimum atomic E-state index is -0.484. The number of hydrogen-bond donors (Lipinski definition) is 2. The maximum Gasteiger partial charge on any atom is 0.410 e. The zero-order chi connectivity index (χ0) is 32.7. The highest BCUT2D eigenvalue weighted by Gasteiger charge is 2.41. The zero-order valence-corrected chi connectivity index (χ0v) is 27.4. The van der Waals surface area contributed by atoms with E-state index in [2.05, 4.69) is 37.1 Å². The predicted octanol–water partition coefficient (Wildman–Crippen LogP) is 5.01. The number of benzene rings is 1. The number of fused-ring (bicyclic) bond motifs is 2. The largest absolute Gasteiger partial charge is 0.507 e. The van der Waals surface area contributed by atoms with Crippen molar-refractivity contribution < 1.29 is 24.1 Å². The molecule has 12 heteroatoms. The van der Waals surface area contributed by atoms with Crippen LogP contribution in [0.5, 0.6) is 11.6 Å². The van der Waals surface area contributed by atoms with Gasteiger partial charge < -0.3 is 39.8 Å². The number of amides is 1. The molecule has 4 fully saturated rings. The van der Waals surface area contributed by atoms with E-state index in [-0.39, 0.29) is 30.2 Å². The third kappa shape index (κ3) is 6.88. The Labute approximate surface area is 275 Å². The number of carbonyl (C=O) groups is 1. The summed E-state index contributed by atoms with van der Waals surface area (Å²) in [5.74, 6) is 1.21. The summed E-state index contributed by atoms with van der Waals surface area (Å²) in [4.78, 5) is 23.5. The lowest BCUT2D eigenvalue weighted by atomic mass is 9.91. The van der Waals surface area contributed by atoms with Crippen LogP contribution in [-0.2, 0) is 9.47 Å². The molecule has 250 valence electrons. The number of likely N-dealkylation sites (tertiary alicyclic amines) is 1. The molecule has 7 rings (SSSR count). The molecule has 1 unspecified atom stereocenters. The predicted molar refractivity (Wildman–Crippen MR) is 179 cm³/mol. The van der Waals surface area contributed by atoms with Crippen molar-refractivity contribution >= 4 is 23.3 Å². The number of nitrogens with zero attached hydrogens (tertiary/aromatic N) is 6. The number of nitrogen functional groups attached to an aromatic ring is 1. The van der Waals surface area contributed by atoms with Crippen molar-refractivity contribution in [3.8, 4) is 22.9 Å². The lowest BCUT2D eigenvalue weighted by molar-refractivity contribution is -0.110. The number of phenols is 1. The van der Waals surface area contributed by atoms with Gasteiger partial charge >= 0.3 is 6.09 Å². The molecule has 1 aromatic carbocycles. The fourth-order valence-electron chi connectivity index (χ4n) is 7.28. The Kier molecular flexibility index (Phi) is 8.46. The second-order valence-corrected chi connectivity index (χ2v) is 14.2. The molecule has 1 amide bonds. The van der Waals surface area contributed by atoms with Crippen LogP contribution in [0.2, 0.25) is 0 Å². The summed E-state index contributed by atoms with van der Waals surface area (Å²) in [6.07, 6.45) is 7.50. The van der Waals surface area contributed by atoms with Crippen LogP contribution < -0.4 is 20.3 Å². The Morgan fingerprint density at radius 2 is 1.66 bits per heavy atom. The first-order valence-corrected chi connectivity index (χ1v) is 16.8. The Morgan fingerprint density at radius 1 is 0.936 bits per heavy atom. The van der Waals surface area contributed by atoms with Crippen molar-refractivity contribution in [3.05, 3.63) is 48.7 Å². The Balaban J connectivity index is 0.917. The topological polar surface area (TPSA) is 139 Å². The summed E-state index contributed by atoms with van der Waals surface area (Å²) in [5, 5.41) is 18.9. The minimum Gasteiger partial charge on any atom is -0.507 e. The van der Waals surface area contributed by atoms with E-state index in [4.69, 9.17) is 19.9 Å². The van der Waals surface area contributed by atoms with Gasteiger partial charge in [-0.05, 0) is 70.7 Å². The van der Waals surface area contributed by atoms with Crippen LogP contribution in [0.3, 0.4) is 0 Å². The summed E-state index contributed by atoms with van der Waals surface area (Å²) < 4.78 is 18.2. The molecular formula is C35H45N7O5. The number of phenolic OH excluding ortho intramolecular Hbond substituents is 1. The highest BCUT2D eigenvalue weighted by Crippen LogP contribution is 2.40. The maximum atomic E-state index is 12.4. The molecule has 47 heavy (non-hydrogen) atoms. The number of hydrogen-bond acceptors (Lipinski definition) is 11. The number of para-hydroxylation sites is 1. The number of aromatic nitrogens is 3. The molecule has 1 saturated carbocycles. The van der Waals surface area contributed by atoms with Crippen molar-refractivity contribution in [3.63, 3.8) is 0 Å². The number of anilines is 3. The van der Waals surface area contributed by atoms with Gasteiger partial charge in [0.1, 0.15) is 17.5 Å². The van der Waals surface area contributed by atoms with Crippen LogP contribution in [0.1, 0.15) is 59.3 Å². The number of rotatable bonds is 7. The molecule has 3 N–H and O–H groups in total. The van der Waals surface area contributed by atoms with Crippen molar-refractivity contribution in [2.75, 3.05) is 41.7 Å². The molecule has 2 bridgehead atoms. The average Bonchev–Trinajstić information content (AvgIpc) is 3.29. The van der Waals surface area contributed by atoms with Crippen LogP contribution in [0.25, 0.3) is 11.3 Å². The van der Waals surface area contributed by atoms with Gasteiger partial charge in [0.05, 0.1) is 23.6 Å². The Hall–Kier alpha value is -4.32. The molecule has 5 heterocycles. The molecule has 0 radical (unpaired) electrons. The second kappa shape index (κ2) is 12.7. The smallest absolute Gasteiger partial charge is 0.410 e. The summed E-state index contributed by atoms with van der Waals surface area (Å²) in [7, 11) is 0. The van der Waals surface area contributed by atoms with Crippen LogP contribution >= 0.6 is 0 Å². The van der Waals surface area contributed by atoms with Gasteiger partial charge in [0.25, 0.3) is 0 Å². The highest BCUT2D eigenvalue weighted by molar-refractivity contribution is 5.74. The number of aromatic hydroxyl groups is 1. The highest BCUT2D eigenvalue weighted by atomic mass is 16.6. The fraction of sp³-hybridized carbons (Fsp3) is 0.543. The quantitative estimate of drug-likeness (QED) is 0.359. The molecule has 2 atom stereocenters. The van der Waals surface area contributed by atoms with Crippen LogP contribution in [-0.4, -0.2) is 93.5 Å². The average molecular weight is 644 g/mol. The SMILES string of the molecule is CC(C)(C)OC(=O)N1CCC(OC2CC(Oc3cc(N4C5CC[C@@H]4CN(c4cc(-c6ccccc6O)nnc4N)C5)ccn3)C2)CC1. The lowest BCUT2D eigenvalue weighted by Gasteiger charge is -2.43. The number of piperidine rings is 1. The normalized spacial score (nSPS) is 24.6. The molecular weight excluding hydrogens is 598 g/mol. The van der Waals surface area contributed by atoms with Crippen molar-refractivity contribution in [2.45, 2.75) is 95.3 Å². The van der Waals surface area contributed by atoms with Gasteiger partial charge in [0.15, 0.2) is 5.82 Å². The van der Waals surface area contributed by atoms with E-state index in [0.717, 1.165) is 63.0 Å². The van der Waals surface area contributed by atoms with Crippen LogP contribution in [0, 0.1) is 0 Å². The van der Waals surface area contributed by atoms with E-state index in [0.29, 0.717) is 48.1 Å². The summed E-state index contributed by atoms with van der Waals surface area (Å²) in [6, 6.07) is 13.8. The molecule has 3 saturated heterocycles. The standard InChI is InChI=1S/C35H45N7O5/c1-35(2,3)47-34(44)40-14-11-25(12-15-40)45-26-17-27(18-26)46-32-16-22(10-13-37-32)42-23-8-9-24(42)21-41(20-23)30-19-29(38-39-33(30)36)28-6-4-5-7-31(28)43/h4-7,10,13,16,19,23-27,43H,8-9,11-12,14-15,17-18,20-21H2,1-3H3,(H2,36,39)/t23-,24?,26?,27?/m1/s1. The fourth-order valence-corrected chi connectivity index (χ4v) is 7.28. The number of ether oxygens (including phenoxy) is 3. The van der Waals surface area contributed by atoms with Gasteiger partial charge in [-0.3, -0.25) is 0 Å². The van der Waals surface area contributed by atoms with Crippen molar-refractivity contribution in [2.24, 2.45) is 0 Å². The van der Waals surface area contributed by atoms with E-state index < -0.39 is 5.60 Å². The monoisotopic (exact) mass is 643 g/mol. The van der Waals surface area contributed by atoms with Crippen molar-refractivity contribution in [1.29, 1.82) is 0 Å². The van der Waals surface area contributed by atoms with E-state index in [1.807, 2.05) is 45.2 Å². The first kappa shape index (κ1) is 31.3. The third-order valence-corrected chi connectivity index (χ3v) is 9.64.